The fourth-order valence-electron chi connectivity index (χ4n) is 5.81. The molecule has 15 heteroatoms. The van der Waals surface area contributed by atoms with Crippen LogP contribution in [0.25, 0.3) is 0 Å². The van der Waals surface area contributed by atoms with Gasteiger partial charge in [0.15, 0.2) is 0 Å². The summed E-state index contributed by atoms with van der Waals surface area (Å²) in [5, 5.41) is 12.0. The van der Waals surface area contributed by atoms with E-state index in [1.54, 1.807) is 0 Å². The van der Waals surface area contributed by atoms with Gasteiger partial charge in [0, 0.05) is 52.0 Å². The maximum Gasteiger partial charge on any atom is 0.333 e. The number of unbranched alkanes of at least 4 members (excludes halogenated alkanes) is 2. The molecule has 0 saturated carbocycles. The van der Waals surface area contributed by atoms with Crippen molar-refractivity contribution >= 4 is 41.4 Å². The molecule has 2 aliphatic rings. The number of hydrogen-bond acceptors (Lipinski definition) is 10. The van der Waals surface area contributed by atoms with Gasteiger partial charge in [0.1, 0.15) is 18.1 Å². The Hall–Kier alpha value is -3.59. The standard InChI is InChI=1S/C35H61N7O8/c1-23(2)19-26(33(47)36-14-10-8-9-11-32(46)50-42-30(44)12-13-31(42)45)38-35(49)28(21-25(5)6)39-34(48)27(20-24(3)4)37-29(43)22-41-17-15-40(7)16-18-41/h23-28H,8-22H2,1-7H3,(H,36,47)(H,37,43)(H,38,49)(H,39,48)/t26-,27-,28-/m0/s1. The molecule has 0 radical (unpaired) electrons. The number of imide groups is 1. The van der Waals surface area contributed by atoms with Crippen LogP contribution >= 0.6 is 0 Å². The van der Waals surface area contributed by atoms with Crippen LogP contribution in [0, 0.1) is 17.8 Å². The van der Waals surface area contributed by atoms with E-state index in [1.165, 1.54) is 0 Å². The highest BCUT2D eigenvalue weighted by Crippen LogP contribution is 2.14. The van der Waals surface area contributed by atoms with Crippen molar-refractivity contribution in [3.8, 4) is 0 Å². The average molecular weight is 708 g/mol. The zero-order valence-corrected chi connectivity index (χ0v) is 31.2. The van der Waals surface area contributed by atoms with Crippen molar-refractivity contribution < 1.29 is 38.4 Å². The number of rotatable bonds is 21. The molecule has 6 amide bonds. The SMILES string of the molecule is CC(C)C[C@H](NC(=O)CN1CCN(C)CC1)C(=O)N[C@@H](CC(C)C)C(=O)N[C@@H](CC(C)C)C(=O)NCCCCCC(=O)ON1C(=O)CCC1=O. The molecule has 0 aromatic heterocycles. The first kappa shape index (κ1) is 42.6. The second kappa shape index (κ2) is 21.6. The number of carbonyl (C=O) groups excluding carboxylic acids is 7. The summed E-state index contributed by atoms with van der Waals surface area (Å²) in [5.41, 5.74) is 0. The Morgan fingerprint density at radius 1 is 0.660 bits per heavy atom. The maximum atomic E-state index is 13.6. The molecule has 15 nitrogen and oxygen atoms in total. The van der Waals surface area contributed by atoms with E-state index in [9.17, 15) is 33.6 Å². The molecule has 50 heavy (non-hydrogen) atoms. The van der Waals surface area contributed by atoms with Crippen LogP contribution in [0.5, 0.6) is 0 Å². The van der Waals surface area contributed by atoms with E-state index in [0.29, 0.717) is 50.1 Å². The lowest BCUT2D eigenvalue weighted by atomic mass is 9.98. The van der Waals surface area contributed by atoms with E-state index >= 15 is 0 Å². The van der Waals surface area contributed by atoms with Crippen LogP contribution in [0.1, 0.15) is 99.3 Å². The number of likely N-dealkylation sites (N-methyl/N-ethyl adjacent to an activating group) is 1. The summed E-state index contributed by atoms with van der Waals surface area (Å²) in [7, 11) is 2.04. The molecular weight excluding hydrogens is 646 g/mol. The molecule has 0 aliphatic carbocycles. The first-order chi connectivity index (χ1) is 23.5. The van der Waals surface area contributed by atoms with Gasteiger partial charge in [-0.1, -0.05) is 48.0 Å². The highest BCUT2D eigenvalue weighted by molar-refractivity contribution is 6.01. The Labute approximate surface area is 297 Å². The van der Waals surface area contributed by atoms with Gasteiger partial charge in [-0.3, -0.25) is 33.7 Å². The van der Waals surface area contributed by atoms with Crippen molar-refractivity contribution in [1.29, 1.82) is 0 Å². The molecule has 2 rings (SSSR count). The third-order valence-electron chi connectivity index (χ3n) is 8.56. The van der Waals surface area contributed by atoms with Crippen molar-refractivity contribution in [3.05, 3.63) is 0 Å². The van der Waals surface area contributed by atoms with Crippen molar-refractivity contribution in [2.75, 3.05) is 46.3 Å². The molecule has 0 spiro atoms. The zero-order valence-electron chi connectivity index (χ0n) is 31.2. The van der Waals surface area contributed by atoms with Crippen molar-refractivity contribution in [3.63, 3.8) is 0 Å². The van der Waals surface area contributed by atoms with E-state index in [-0.39, 0.29) is 55.4 Å². The van der Waals surface area contributed by atoms with E-state index in [0.717, 1.165) is 26.2 Å². The minimum absolute atomic E-state index is 0.0258. The lowest BCUT2D eigenvalue weighted by molar-refractivity contribution is -0.197. The van der Waals surface area contributed by atoms with Crippen LogP contribution in [-0.2, 0) is 38.4 Å². The fourth-order valence-corrected chi connectivity index (χ4v) is 5.81. The predicted molar refractivity (Wildman–Crippen MR) is 187 cm³/mol. The average Bonchev–Trinajstić information content (AvgIpc) is 3.34. The van der Waals surface area contributed by atoms with Gasteiger partial charge in [0.05, 0.1) is 6.54 Å². The Balaban J connectivity index is 1.92. The van der Waals surface area contributed by atoms with Gasteiger partial charge < -0.3 is 31.0 Å². The van der Waals surface area contributed by atoms with Gasteiger partial charge in [-0.2, -0.15) is 0 Å². The summed E-state index contributed by atoms with van der Waals surface area (Å²) >= 11 is 0. The van der Waals surface area contributed by atoms with Crippen molar-refractivity contribution in [1.82, 2.24) is 36.1 Å². The number of carbonyl (C=O) groups is 7. The van der Waals surface area contributed by atoms with Crippen LogP contribution < -0.4 is 21.3 Å². The molecule has 0 unspecified atom stereocenters. The third-order valence-corrected chi connectivity index (χ3v) is 8.56. The first-order valence-corrected chi connectivity index (χ1v) is 18.2. The fraction of sp³-hybridized carbons (Fsp3) is 0.800. The first-order valence-electron chi connectivity index (χ1n) is 18.2. The van der Waals surface area contributed by atoms with Gasteiger partial charge in [0.2, 0.25) is 23.6 Å². The molecule has 2 aliphatic heterocycles. The molecule has 4 N–H and O–H groups in total. The third kappa shape index (κ3) is 16.0. The summed E-state index contributed by atoms with van der Waals surface area (Å²) in [6.07, 6.45) is 2.84. The predicted octanol–water partition coefficient (Wildman–Crippen LogP) is 1.11. The molecule has 2 fully saturated rings. The van der Waals surface area contributed by atoms with Crippen LogP contribution in [0.15, 0.2) is 0 Å². The van der Waals surface area contributed by atoms with Gasteiger partial charge in [-0.25, -0.2) is 4.79 Å². The smallest absolute Gasteiger partial charge is 0.333 e. The number of nitrogens with zero attached hydrogens (tertiary/aromatic N) is 3. The van der Waals surface area contributed by atoms with E-state index in [1.807, 2.05) is 48.6 Å². The molecule has 2 saturated heterocycles. The lowest BCUT2D eigenvalue weighted by Gasteiger charge is -2.32. The lowest BCUT2D eigenvalue weighted by Crippen LogP contribution is -2.58. The number of piperazine rings is 1. The van der Waals surface area contributed by atoms with E-state index in [4.69, 9.17) is 4.84 Å². The molecule has 0 aromatic carbocycles. The van der Waals surface area contributed by atoms with Gasteiger partial charge in [0.25, 0.3) is 11.8 Å². The van der Waals surface area contributed by atoms with Crippen molar-refractivity contribution in [2.45, 2.75) is 117 Å². The van der Waals surface area contributed by atoms with E-state index < -0.39 is 47.7 Å². The van der Waals surface area contributed by atoms with Gasteiger partial charge >= 0.3 is 5.97 Å². The molecule has 0 bridgehead atoms. The topological polar surface area (TPSA) is 187 Å². The number of amides is 6. The van der Waals surface area contributed by atoms with Crippen LogP contribution in [0.2, 0.25) is 0 Å². The molecule has 284 valence electrons. The second-order valence-electron chi connectivity index (χ2n) is 14.9. The van der Waals surface area contributed by atoms with Crippen LogP contribution in [-0.4, -0.2) is 121 Å². The summed E-state index contributed by atoms with van der Waals surface area (Å²) in [6, 6.07) is -2.53. The highest BCUT2D eigenvalue weighted by Gasteiger charge is 2.33. The minimum Gasteiger partial charge on any atom is -0.354 e. The summed E-state index contributed by atoms with van der Waals surface area (Å²) in [6.45, 7) is 15.5. The van der Waals surface area contributed by atoms with Gasteiger partial charge in [-0.05, 0) is 56.9 Å². The monoisotopic (exact) mass is 707 g/mol. The number of hydrogen-bond donors (Lipinski definition) is 4. The number of hydroxylamine groups is 2. The van der Waals surface area contributed by atoms with Crippen LogP contribution in [0.4, 0.5) is 0 Å². The maximum absolute atomic E-state index is 13.6. The van der Waals surface area contributed by atoms with Gasteiger partial charge in [-0.15, -0.1) is 5.06 Å². The normalized spacial score (nSPS) is 17.5. The van der Waals surface area contributed by atoms with E-state index in [2.05, 4.69) is 31.1 Å². The second-order valence-corrected chi connectivity index (χ2v) is 14.9. The Morgan fingerprint density at radius 2 is 1.14 bits per heavy atom. The summed E-state index contributed by atoms with van der Waals surface area (Å²) < 4.78 is 0. The molecule has 0 aromatic rings. The number of nitrogens with one attached hydrogen (secondary N) is 4. The zero-order chi connectivity index (χ0) is 37.4. The van der Waals surface area contributed by atoms with Crippen molar-refractivity contribution in [2.24, 2.45) is 17.8 Å². The minimum atomic E-state index is -0.903. The largest absolute Gasteiger partial charge is 0.354 e. The highest BCUT2D eigenvalue weighted by atomic mass is 16.7. The summed E-state index contributed by atoms with van der Waals surface area (Å²) in [4.78, 5) is 97.7. The molecular formula is C35H61N7O8. The quantitative estimate of drug-likeness (QED) is 0.0995. The Kier molecular flexibility index (Phi) is 18.4. The van der Waals surface area contributed by atoms with Crippen LogP contribution in [0.3, 0.4) is 0 Å². The molecule has 3 atom stereocenters. The Bertz CT molecular complexity index is 1150. The Morgan fingerprint density at radius 3 is 1.64 bits per heavy atom. The molecule has 2 heterocycles. The summed E-state index contributed by atoms with van der Waals surface area (Å²) in [5.74, 6) is -2.92.